The summed E-state index contributed by atoms with van der Waals surface area (Å²) in [4.78, 5) is 37.7. The van der Waals surface area contributed by atoms with Crippen LogP contribution in [0.25, 0.3) is 0 Å². The van der Waals surface area contributed by atoms with Gasteiger partial charge in [0.15, 0.2) is 11.6 Å². The third kappa shape index (κ3) is 4.34. The number of aliphatic hydroxyl groups excluding tert-OH is 1. The van der Waals surface area contributed by atoms with Crippen LogP contribution in [0.15, 0.2) is 22.8 Å². The fraction of sp³-hybridized carbons (Fsp3) is 0.759. The molecule has 5 heteroatoms. The monoisotopic (exact) mass is 469 g/mol. The van der Waals surface area contributed by atoms with E-state index >= 15 is 0 Å². The van der Waals surface area contributed by atoms with Crippen LogP contribution in [-0.4, -0.2) is 35.2 Å². The second-order valence-electron chi connectivity index (χ2n) is 12.2. The van der Waals surface area contributed by atoms with Crippen LogP contribution in [0.5, 0.6) is 0 Å². The summed E-state index contributed by atoms with van der Waals surface area (Å²) in [6.07, 6.45) is 9.64. The standard InChI is InChI=1S/C29H43NO4/c1-17(16-30-19(3)31)6-9-25(33)18(2)27-26(34)15-24-22-8-7-20-14-21(32)10-12-28(20,4)23(22)11-13-29(24,27)5/h7,17,21-24,32H,6,8-16H2,1-5H3,(H,30,31)/b27-18-/t17-,21-,22-,23+,24+,28-,29+/m0/s1. The number of ketones is 2. The van der Waals surface area contributed by atoms with Gasteiger partial charge in [0.2, 0.25) is 5.91 Å². The normalized spacial score (nSPS) is 39.4. The van der Waals surface area contributed by atoms with E-state index in [2.05, 4.69) is 25.2 Å². The zero-order valence-electron chi connectivity index (χ0n) is 21.7. The maximum Gasteiger partial charge on any atom is 0.216 e. The molecule has 0 heterocycles. The number of amides is 1. The quantitative estimate of drug-likeness (QED) is 0.427. The van der Waals surface area contributed by atoms with Gasteiger partial charge in [0.25, 0.3) is 0 Å². The second-order valence-corrected chi connectivity index (χ2v) is 12.2. The fourth-order valence-electron chi connectivity index (χ4n) is 8.03. The van der Waals surface area contributed by atoms with Gasteiger partial charge in [-0.1, -0.05) is 32.4 Å². The number of Topliss-reactive ketones (excluding diaryl/α,β-unsaturated/α-hetero) is 2. The Balaban J connectivity index is 1.52. The van der Waals surface area contributed by atoms with Crippen molar-refractivity contribution in [2.24, 2.45) is 34.5 Å². The summed E-state index contributed by atoms with van der Waals surface area (Å²) in [5.41, 5.74) is 2.87. The van der Waals surface area contributed by atoms with Crippen LogP contribution in [0, 0.1) is 34.5 Å². The molecular formula is C29H43NO4. The molecule has 34 heavy (non-hydrogen) atoms. The van der Waals surface area contributed by atoms with Crippen LogP contribution in [0.4, 0.5) is 0 Å². The van der Waals surface area contributed by atoms with E-state index in [0.29, 0.717) is 49.1 Å². The lowest BCUT2D eigenvalue weighted by molar-refractivity contribution is -0.119. The molecule has 0 aromatic heterocycles. The largest absolute Gasteiger partial charge is 0.393 e. The van der Waals surface area contributed by atoms with Crippen molar-refractivity contribution < 1.29 is 19.5 Å². The minimum absolute atomic E-state index is 0.0504. The van der Waals surface area contributed by atoms with Crippen LogP contribution in [0.1, 0.15) is 92.4 Å². The molecule has 1 amide bonds. The molecule has 3 saturated carbocycles. The van der Waals surface area contributed by atoms with Crippen molar-refractivity contribution in [1.29, 1.82) is 0 Å². The first-order valence-corrected chi connectivity index (χ1v) is 13.4. The van der Waals surface area contributed by atoms with E-state index in [4.69, 9.17) is 0 Å². The van der Waals surface area contributed by atoms with Gasteiger partial charge in [-0.3, -0.25) is 14.4 Å². The van der Waals surface area contributed by atoms with E-state index < -0.39 is 0 Å². The Kier molecular flexibility index (Phi) is 6.98. The third-order valence-electron chi connectivity index (χ3n) is 10.1. The summed E-state index contributed by atoms with van der Waals surface area (Å²) in [7, 11) is 0. The lowest BCUT2D eigenvalue weighted by Gasteiger charge is -2.57. The SMILES string of the molecule is CC(=O)NC[C@@H](C)CCC(=O)/C(C)=C1/C(=O)C[C@@H]2[C@H]3CC=C4C[C@@H](O)CC[C@]4(C)[C@@H]3CC[C@@]12C. The van der Waals surface area contributed by atoms with E-state index in [9.17, 15) is 19.5 Å². The van der Waals surface area contributed by atoms with Crippen molar-refractivity contribution >= 4 is 17.5 Å². The minimum Gasteiger partial charge on any atom is -0.393 e. The molecule has 0 aliphatic heterocycles. The number of nitrogens with one attached hydrogen (secondary N) is 1. The zero-order valence-corrected chi connectivity index (χ0v) is 21.7. The second kappa shape index (κ2) is 9.37. The van der Waals surface area contributed by atoms with Gasteiger partial charge in [-0.25, -0.2) is 0 Å². The number of aliphatic hydroxyl groups is 1. The molecule has 188 valence electrons. The Hall–Kier alpha value is -1.75. The maximum atomic E-state index is 13.4. The van der Waals surface area contributed by atoms with Crippen LogP contribution >= 0.6 is 0 Å². The van der Waals surface area contributed by atoms with Crippen molar-refractivity contribution in [3.8, 4) is 0 Å². The van der Waals surface area contributed by atoms with Crippen LogP contribution in [0.3, 0.4) is 0 Å². The number of rotatable bonds is 6. The van der Waals surface area contributed by atoms with Crippen LogP contribution in [0.2, 0.25) is 0 Å². The Bertz CT molecular complexity index is 932. The van der Waals surface area contributed by atoms with Crippen molar-refractivity contribution in [3.05, 3.63) is 22.8 Å². The van der Waals surface area contributed by atoms with Gasteiger partial charge >= 0.3 is 0 Å². The first-order valence-electron chi connectivity index (χ1n) is 13.4. The lowest BCUT2D eigenvalue weighted by Crippen LogP contribution is -2.49. The highest BCUT2D eigenvalue weighted by atomic mass is 16.3. The number of hydrogen-bond donors (Lipinski definition) is 2. The molecular weight excluding hydrogens is 426 g/mol. The predicted octanol–water partition coefficient (Wildman–Crippen LogP) is 4.93. The van der Waals surface area contributed by atoms with Crippen molar-refractivity contribution in [2.75, 3.05) is 6.54 Å². The molecule has 0 radical (unpaired) electrons. The highest BCUT2D eigenvalue weighted by Crippen LogP contribution is 2.65. The summed E-state index contributed by atoms with van der Waals surface area (Å²) < 4.78 is 0. The highest BCUT2D eigenvalue weighted by molar-refractivity contribution is 6.08. The first kappa shape index (κ1) is 25.3. The van der Waals surface area contributed by atoms with E-state index in [-0.39, 0.29) is 40.3 Å². The van der Waals surface area contributed by atoms with Gasteiger partial charge in [-0.2, -0.15) is 0 Å². The highest BCUT2D eigenvalue weighted by Gasteiger charge is 2.59. The summed E-state index contributed by atoms with van der Waals surface area (Å²) in [5.74, 6) is 1.79. The summed E-state index contributed by atoms with van der Waals surface area (Å²) in [6, 6.07) is 0. The molecule has 0 unspecified atom stereocenters. The van der Waals surface area contributed by atoms with E-state index in [1.807, 2.05) is 13.8 Å². The third-order valence-corrected chi connectivity index (χ3v) is 10.1. The van der Waals surface area contributed by atoms with Crippen molar-refractivity contribution in [2.45, 2.75) is 98.5 Å². The van der Waals surface area contributed by atoms with Gasteiger partial charge in [0.05, 0.1) is 6.10 Å². The lowest BCUT2D eigenvalue weighted by atomic mass is 9.47. The molecule has 0 bridgehead atoms. The average molecular weight is 470 g/mol. The van der Waals surface area contributed by atoms with Gasteiger partial charge in [-0.15, -0.1) is 0 Å². The van der Waals surface area contributed by atoms with Crippen molar-refractivity contribution in [1.82, 2.24) is 5.32 Å². The minimum atomic E-state index is -0.213. The molecule has 2 N–H and O–H groups in total. The number of hydrogen-bond acceptors (Lipinski definition) is 4. The Labute approximate surface area is 204 Å². The first-order chi connectivity index (χ1) is 16.0. The van der Waals surface area contributed by atoms with E-state index in [1.54, 1.807) is 0 Å². The Morgan fingerprint density at radius 3 is 2.53 bits per heavy atom. The number of fused-ring (bicyclic) bond motifs is 5. The molecule has 5 nitrogen and oxygen atoms in total. The van der Waals surface area contributed by atoms with E-state index in [1.165, 1.54) is 12.5 Å². The van der Waals surface area contributed by atoms with Gasteiger partial charge in [-0.05, 0) is 91.9 Å². The zero-order chi connectivity index (χ0) is 24.8. The van der Waals surface area contributed by atoms with Gasteiger partial charge in [0.1, 0.15) is 0 Å². The molecule has 0 aromatic rings. The molecule has 0 saturated heterocycles. The Morgan fingerprint density at radius 2 is 1.82 bits per heavy atom. The predicted molar refractivity (Wildman–Crippen MR) is 133 cm³/mol. The smallest absolute Gasteiger partial charge is 0.216 e. The fourth-order valence-corrected chi connectivity index (χ4v) is 8.03. The average Bonchev–Trinajstić information content (AvgIpc) is 3.05. The molecule has 4 aliphatic carbocycles. The molecule has 0 spiro atoms. The maximum absolute atomic E-state index is 13.4. The van der Waals surface area contributed by atoms with Crippen molar-refractivity contribution in [3.63, 3.8) is 0 Å². The summed E-state index contributed by atoms with van der Waals surface area (Å²) in [5, 5.41) is 13.0. The topological polar surface area (TPSA) is 83.5 Å². The van der Waals surface area contributed by atoms with Gasteiger partial charge < -0.3 is 10.4 Å². The number of allylic oxidation sites excluding steroid dienone is 3. The molecule has 3 fully saturated rings. The molecule has 4 rings (SSSR count). The number of carbonyl (C=O) groups is 3. The van der Waals surface area contributed by atoms with Crippen LogP contribution in [-0.2, 0) is 14.4 Å². The number of carbonyl (C=O) groups excluding carboxylic acids is 3. The molecule has 7 atom stereocenters. The van der Waals surface area contributed by atoms with Gasteiger partial charge in [0, 0.05) is 31.9 Å². The summed E-state index contributed by atoms with van der Waals surface area (Å²) in [6.45, 7) is 10.6. The summed E-state index contributed by atoms with van der Waals surface area (Å²) >= 11 is 0. The molecule has 0 aromatic carbocycles. The molecule has 4 aliphatic rings. The van der Waals surface area contributed by atoms with E-state index in [0.717, 1.165) is 44.1 Å². The van der Waals surface area contributed by atoms with Crippen LogP contribution < -0.4 is 5.32 Å². The Morgan fingerprint density at radius 1 is 1.12 bits per heavy atom.